The van der Waals surface area contributed by atoms with E-state index in [2.05, 4.69) is 0 Å². The van der Waals surface area contributed by atoms with Gasteiger partial charge < -0.3 is 0 Å². The molecule has 2 aromatic rings. The zero-order chi connectivity index (χ0) is 31.2. The zero-order valence-electron chi connectivity index (χ0n) is 19.3. The maximum Gasteiger partial charge on any atom is 0.460 e. The van der Waals surface area contributed by atoms with Crippen LogP contribution >= 0.6 is 0 Å². The highest BCUT2D eigenvalue weighted by Crippen LogP contribution is 2.64. The van der Waals surface area contributed by atoms with Gasteiger partial charge in [0.15, 0.2) is 0 Å². The molecule has 0 aliphatic carbocycles. The molecule has 2 rings (SSSR count). The summed E-state index contributed by atoms with van der Waals surface area (Å²) in [5, 5.41) is 0. The van der Waals surface area contributed by atoms with Gasteiger partial charge >= 0.3 is 47.6 Å². The van der Waals surface area contributed by atoms with Crippen LogP contribution < -0.4 is 4.57 Å². The SMILES string of the molecule is FC(F)(F)C(F)(F)C(F)(F)C(F)(F)C(F)(F)C(F)(F)C(F)(F)C(F)(F)CCCn1cc[n+](Cc2ccccc2)c1. The van der Waals surface area contributed by atoms with Gasteiger partial charge in [-0.2, -0.15) is 74.6 Å². The number of aryl methyl sites for hydroxylation is 1. The Morgan fingerprint density at radius 1 is 0.575 bits per heavy atom. The minimum atomic E-state index is -8.61. The Kier molecular flexibility index (Phi) is 8.58. The van der Waals surface area contributed by atoms with Gasteiger partial charge in [-0.1, -0.05) is 30.3 Å². The third-order valence-electron chi connectivity index (χ3n) is 5.65. The molecule has 0 saturated heterocycles. The molecule has 1 aromatic heterocycles. The van der Waals surface area contributed by atoms with E-state index in [9.17, 15) is 74.6 Å². The molecule has 0 saturated carbocycles. The largest absolute Gasteiger partial charge is 0.460 e. The maximum atomic E-state index is 14.0. The number of hydrogen-bond acceptors (Lipinski definition) is 0. The fraction of sp³-hybridized carbons (Fsp3) is 0.571. The van der Waals surface area contributed by atoms with Crippen LogP contribution in [-0.4, -0.2) is 52.2 Å². The van der Waals surface area contributed by atoms with Crippen LogP contribution in [0.15, 0.2) is 49.1 Å². The van der Waals surface area contributed by atoms with Crippen molar-refractivity contribution >= 4 is 0 Å². The standard InChI is InChI=1S/C21H16F17N2/c22-14(23,7-4-8-39-9-10-40(12-39)11-13-5-2-1-3-6-13)15(24,25)16(26,27)17(28,29)18(30,31)19(32,33)20(34,35)21(36,37)38/h1-3,5-6,9-10,12H,4,7-8,11H2/q+1. The van der Waals surface area contributed by atoms with Gasteiger partial charge in [-0.05, 0) is 12.0 Å². The molecule has 0 unspecified atom stereocenters. The van der Waals surface area contributed by atoms with Crippen LogP contribution in [0.2, 0.25) is 0 Å². The van der Waals surface area contributed by atoms with E-state index < -0.39 is 67.0 Å². The van der Waals surface area contributed by atoms with Gasteiger partial charge in [0, 0.05) is 6.42 Å². The van der Waals surface area contributed by atoms with E-state index in [-0.39, 0.29) is 6.54 Å². The van der Waals surface area contributed by atoms with Crippen molar-refractivity contribution in [2.24, 2.45) is 0 Å². The predicted molar refractivity (Wildman–Crippen MR) is 100 cm³/mol. The first-order chi connectivity index (χ1) is 17.8. The molecule has 0 fully saturated rings. The van der Waals surface area contributed by atoms with E-state index >= 15 is 0 Å². The monoisotopic (exact) mass is 619 g/mol. The molecule has 228 valence electrons. The van der Waals surface area contributed by atoms with Crippen molar-refractivity contribution in [3.8, 4) is 0 Å². The lowest BCUT2D eigenvalue weighted by Gasteiger charge is -2.42. The van der Waals surface area contributed by atoms with Crippen LogP contribution in [0.1, 0.15) is 18.4 Å². The molecule has 0 aliphatic rings. The molecule has 0 atom stereocenters. The highest BCUT2D eigenvalue weighted by Gasteiger charge is 2.95. The maximum absolute atomic E-state index is 14.0. The minimum Gasteiger partial charge on any atom is -0.237 e. The van der Waals surface area contributed by atoms with Crippen molar-refractivity contribution < 1.29 is 79.2 Å². The second-order valence-electron chi connectivity index (χ2n) is 8.56. The van der Waals surface area contributed by atoms with Crippen LogP contribution in [0.25, 0.3) is 0 Å². The Bertz CT molecular complexity index is 1140. The summed E-state index contributed by atoms with van der Waals surface area (Å²) in [5.41, 5.74) is 0.745. The Balaban J connectivity index is 2.24. The van der Waals surface area contributed by atoms with Crippen LogP contribution in [0, 0.1) is 0 Å². The zero-order valence-corrected chi connectivity index (χ0v) is 19.3. The van der Waals surface area contributed by atoms with Crippen molar-refractivity contribution in [1.29, 1.82) is 0 Å². The quantitative estimate of drug-likeness (QED) is 0.171. The van der Waals surface area contributed by atoms with Crippen molar-refractivity contribution in [2.45, 2.75) is 73.6 Å². The van der Waals surface area contributed by atoms with E-state index in [0.717, 1.165) is 10.1 Å². The minimum absolute atomic E-state index is 0.218. The van der Waals surface area contributed by atoms with Crippen molar-refractivity contribution in [3.05, 3.63) is 54.6 Å². The summed E-state index contributed by atoms with van der Waals surface area (Å²) >= 11 is 0. The number of rotatable bonds is 12. The van der Waals surface area contributed by atoms with Gasteiger partial charge in [-0.3, -0.25) is 0 Å². The molecule has 1 heterocycles. The molecule has 0 spiro atoms. The first kappa shape index (κ1) is 33.4. The summed E-state index contributed by atoms with van der Waals surface area (Å²) in [6.07, 6.45) is -7.70. The normalized spacial score (nSPS) is 15.0. The third kappa shape index (κ3) is 5.31. The number of aromatic nitrogens is 2. The molecule has 2 nitrogen and oxygen atoms in total. The summed E-state index contributed by atoms with van der Waals surface area (Å²) in [7, 11) is 0. The van der Waals surface area contributed by atoms with E-state index in [1.54, 1.807) is 30.3 Å². The molecule has 0 amide bonds. The Morgan fingerprint density at radius 2 is 1.02 bits per heavy atom. The van der Waals surface area contributed by atoms with Gasteiger partial charge in [0.05, 0.1) is 6.54 Å². The molecular weight excluding hydrogens is 603 g/mol. The first-order valence-electron chi connectivity index (χ1n) is 10.6. The summed E-state index contributed by atoms with van der Waals surface area (Å²) in [6.45, 7) is -0.461. The van der Waals surface area contributed by atoms with Gasteiger partial charge in [0.25, 0.3) is 0 Å². The summed E-state index contributed by atoms with van der Waals surface area (Å²) in [5.74, 6) is -56.1. The fourth-order valence-corrected chi connectivity index (χ4v) is 3.30. The topological polar surface area (TPSA) is 8.81 Å². The Labute approximate surface area is 213 Å². The van der Waals surface area contributed by atoms with Crippen molar-refractivity contribution in [2.75, 3.05) is 0 Å². The van der Waals surface area contributed by atoms with E-state index in [1.165, 1.54) is 23.3 Å². The van der Waals surface area contributed by atoms with Crippen LogP contribution in [0.5, 0.6) is 0 Å². The summed E-state index contributed by atoms with van der Waals surface area (Å²) in [6, 6.07) is 8.42. The number of halogens is 17. The smallest absolute Gasteiger partial charge is 0.237 e. The lowest BCUT2D eigenvalue weighted by molar-refractivity contribution is -0.687. The number of imidazole rings is 1. The summed E-state index contributed by atoms with van der Waals surface area (Å²) < 4.78 is 229. The van der Waals surface area contributed by atoms with E-state index in [0.29, 0.717) is 0 Å². The molecule has 40 heavy (non-hydrogen) atoms. The second-order valence-corrected chi connectivity index (χ2v) is 8.56. The van der Waals surface area contributed by atoms with Crippen molar-refractivity contribution in [1.82, 2.24) is 4.57 Å². The van der Waals surface area contributed by atoms with Gasteiger partial charge in [-0.15, -0.1) is 0 Å². The number of nitrogens with zero attached hydrogens (tertiary/aromatic N) is 2. The molecule has 0 radical (unpaired) electrons. The lowest BCUT2D eigenvalue weighted by atomic mass is 9.88. The van der Waals surface area contributed by atoms with Crippen molar-refractivity contribution in [3.63, 3.8) is 0 Å². The molecule has 1 aromatic carbocycles. The lowest BCUT2D eigenvalue weighted by Crippen LogP contribution is -2.74. The average molecular weight is 619 g/mol. The molecule has 0 N–H and O–H groups in total. The fourth-order valence-electron chi connectivity index (χ4n) is 3.30. The first-order valence-corrected chi connectivity index (χ1v) is 10.6. The van der Waals surface area contributed by atoms with Crippen LogP contribution in [0.4, 0.5) is 74.6 Å². The second kappa shape index (κ2) is 10.3. The highest BCUT2D eigenvalue weighted by molar-refractivity contribution is 5.15. The third-order valence-corrected chi connectivity index (χ3v) is 5.65. The molecular formula is C21H16F17N2+. The molecule has 0 bridgehead atoms. The Hall–Kier alpha value is -2.76. The molecule has 19 heteroatoms. The number of hydrogen-bond donors (Lipinski definition) is 0. The highest BCUT2D eigenvalue weighted by atomic mass is 19.4. The van der Waals surface area contributed by atoms with Gasteiger partial charge in [0.2, 0.25) is 6.33 Å². The predicted octanol–water partition coefficient (Wildman–Crippen LogP) is 7.61. The number of benzene rings is 1. The van der Waals surface area contributed by atoms with E-state index in [4.69, 9.17) is 0 Å². The van der Waals surface area contributed by atoms with E-state index in [1.807, 2.05) is 0 Å². The molecule has 0 aliphatic heterocycles. The summed E-state index contributed by atoms with van der Waals surface area (Å²) in [4.78, 5) is 0. The van der Waals surface area contributed by atoms with Crippen LogP contribution in [0.3, 0.4) is 0 Å². The average Bonchev–Trinajstić information content (AvgIpc) is 3.25. The van der Waals surface area contributed by atoms with Gasteiger partial charge in [0.1, 0.15) is 18.9 Å². The van der Waals surface area contributed by atoms with Gasteiger partial charge in [-0.25, -0.2) is 9.13 Å². The Morgan fingerprint density at radius 3 is 1.50 bits per heavy atom. The number of alkyl halides is 17. The van der Waals surface area contributed by atoms with Crippen LogP contribution in [-0.2, 0) is 13.1 Å².